The lowest BCUT2D eigenvalue weighted by Crippen LogP contribution is -2.17. The van der Waals surface area contributed by atoms with Gasteiger partial charge in [-0.25, -0.2) is 4.98 Å². The second kappa shape index (κ2) is 7.43. The van der Waals surface area contributed by atoms with Gasteiger partial charge in [0, 0.05) is 24.1 Å². The highest BCUT2D eigenvalue weighted by atomic mass is 19.4. The Kier molecular flexibility index (Phi) is 5.06. The smallest absolute Gasteiger partial charge is 0.327 e. The number of hydrogen-bond acceptors (Lipinski definition) is 4. The third-order valence-electron chi connectivity index (χ3n) is 3.75. The number of rotatable bonds is 5. The Bertz CT molecular complexity index is 866. The second-order valence-electron chi connectivity index (χ2n) is 5.52. The van der Waals surface area contributed by atoms with Crippen molar-refractivity contribution in [1.29, 1.82) is 0 Å². The summed E-state index contributed by atoms with van der Waals surface area (Å²) in [4.78, 5) is 10.5. The van der Waals surface area contributed by atoms with Gasteiger partial charge in [0.05, 0.1) is 5.56 Å². The largest absolute Gasteiger partial charge is 0.416 e. The maximum absolute atomic E-state index is 12.8. The van der Waals surface area contributed by atoms with Crippen molar-refractivity contribution in [3.05, 3.63) is 72.4 Å². The van der Waals surface area contributed by atoms with Crippen LogP contribution >= 0.6 is 0 Å². The van der Waals surface area contributed by atoms with Gasteiger partial charge in [-0.15, -0.1) is 0 Å². The van der Waals surface area contributed by atoms with Gasteiger partial charge in [-0.2, -0.15) is 18.2 Å². The Labute approximate surface area is 149 Å². The van der Waals surface area contributed by atoms with Gasteiger partial charge >= 0.3 is 6.18 Å². The summed E-state index contributed by atoms with van der Waals surface area (Å²) in [6.07, 6.45) is -2.82. The van der Waals surface area contributed by atoms with Gasteiger partial charge in [0.2, 0.25) is 5.95 Å². The summed E-state index contributed by atoms with van der Waals surface area (Å²) in [5.41, 5.74) is 0.525. The number of alkyl halides is 3. The van der Waals surface area contributed by atoms with Crippen LogP contribution in [0.2, 0.25) is 0 Å². The number of nitrogens with zero attached hydrogens (tertiary/aromatic N) is 3. The molecule has 2 aromatic carbocycles. The first-order valence-electron chi connectivity index (χ1n) is 8.07. The summed E-state index contributed by atoms with van der Waals surface area (Å²) in [6.45, 7) is 2.68. The van der Waals surface area contributed by atoms with Crippen molar-refractivity contribution in [3.63, 3.8) is 0 Å². The topological polar surface area (TPSA) is 41.1 Å². The minimum absolute atomic E-state index is 0.233. The van der Waals surface area contributed by atoms with Crippen molar-refractivity contribution in [2.75, 3.05) is 16.8 Å². The summed E-state index contributed by atoms with van der Waals surface area (Å²) < 4.78 is 38.5. The molecule has 0 aliphatic carbocycles. The van der Waals surface area contributed by atoms with Crippen LogP contribution in [0.25, 0.3) is 0 Å². The van der Waals surface area contributed by atoms with Crippen LogP contribution in [0.5, 0.6) is 0 Å². The van der Waals surface area contributed by atoms with E-state index in [0.29, 0.717) is 12.4 Å². The molecule has 0 saturated heterocycles. The fraction of sp³-hybridized carbons (Fsp3) is 0.158. The summed E-state index contributed by atoms with van der Waals surface area (Å²) in [5.74, 6) is 0.888. The van der Waals surface area contributed by atoms with E-state index in [1.807, 2.05) is 42.2 Å². The van der Waals surface area contributed by atoms with E-state index in [1.54, 1.807) is 18.3 Å². The van der Waals surface area contributed by atoms with Gasteiger partial charge in [0.25, 0.3) is 0 Å². The van der Waals surface area contributed by atoms with Gasteiger partial charge in [-0.05, 0) is 43.3 Å². The van der Waals surface area contributed by atoms with Crippen LogP contribution in [-0.2, 0) is 6.18 Å². The number of hydrogen-bond donors (Lipinski definition) is 1. The Balaban J connectivity index is 1.86. The quantitative estimate of drug-likeness (QED) is 0.663. The first kappa shape index (κ1) is 17.7. The lowest BCUT2D eigenvalue weighted by Gasteiger charge is -2.22. The number of halogens is 3. The highest BCUT2D eigenvalue weighted by Gasteiger charge is 2.30. The summed E-state index contributed by atoms with van der Waals surface area (Å²) >= 11 is 0. The zero-order valence-corrected chi connectivity index (χ0v) is 14.0. The van der Waals surface area contributed by atoms with Crippen molar-refractivity contribution in [2.24, 2.45) is 0 Å². The molecule has 3 rings (SSSR count). The van der Waals surface area contributed by atoms with E-state index in [1.165, 1.54) is 6.07 Å². The van der Waals surface area contributed by atoms with E-state index >= 15 is 0 Å². The molecule has 0 spiro atoms. The average molecular weight is 358 g/mol. The average Bonchev–Trinajstić information content (AvgIpc) is 2.63. The SMILES string of the molecule is CCN(c1ccccc1)c1ccnc(Nc2cccc(C(F)(F)F)c2)n1. The number of benzene rings is 2. The van der Waals surface area contributed by atoms with Gasteiger partial charge in [0.15, 0.2) is 0 Å². The second-order valence-corrected chi connectivity index (χ2v) is 5.52. The van der Waals surface area contributed by atoms with E-state index in [2.05, 4.69) is 15.3 Å². The molecule has 134 valence electrons. The number of para-hydroxylation sites is 1. The van der Waals surface area contributed by atoms with E-state index in [0.717, 1.165) is 17.8 Å². The molecule has 7 heteroatoms. The highest BCUT2D eigenvalue weighted by Crippen LogP contribution is 2.31. The Morgan fingerprint density at radius 3 is 2.46 bits per heavy atom. The molecule has 26 heavy (non-hydrogen) atoms. The zero-order chi connectivity index (χ0) is 18.6. The molecule has 1 aromatic heterocycles. The highest BCUT2D eigenvalue weighted by molar-refractivity contribution is 5.62. The molecule has 4 nitrogen and oxygen atoms in total. The standard InChI is InChI=1S/C19H17F3N4/c1-2-26(16-9-4-3-5-10-16)17-11-12-23-18(25-17)24-15-8-6-7-14(13-15)19(20,21)22/h3-13H,2H2,1H3,(H,23,24,25). The van der Waals surface area contributed by atoms with E-state index in [9.17, 15) is 13.2 Å². The minimum Gasteiger partial charge on any atom is -0.327 e. The van der Waals surface area contributed by atoms with Gasteiger partial charge in [0.1, 0.15) is 5.82 Å². The molecule has 0 radical (unpaired) electrons. The number of nitrogens with one attached hydrogen (secondary N) is 1. The van der Waals surface area contributed by atoms with Crippen LogP contribution in [-0.4, -0.2) is 16.5 Å². The lowest BCUT2D eigenvalue weighted by atomic mass is 10.2. The molecule has 1 N–H and O–H groups in total. The predicted molar refractivity (Wildman–Crippen MR) is 95.9 cm³/mol. The van der Waals surface area contributed by atoms with E-state index in [-0.39, 0.29) is 11.6 Å². The monoisotopic (exact) mass is 358 g/mol. The Morgan fingerprint density at radius 2 is 1.77 bits per heavy atom. The van der Waals surface area contributed by atoms with Crippen LogP contribution < -0.4 is 10.2 Å². The van der Waals surface area contributed by atoms with Crippen molar-refractivity contribution in [2.45, 2.75) is 13.1 Å². The zero-order valence-electron chi connectivity index (χ0n) is 14.0. The van der Waals surface area contributed by atoms with Crippen molar-refractivity contribution in [3.8, 4) is 0 Å². The fourth-order valence-electron chi connectivity index (χ4n) is 2.55. The molecule has 0 amide bonds. The summed E-state index contributed by atoms with van der Waals surface area (Å²) in [6, 6.07) is 16.4. The summed E-state index contributed by atoms with van der Waals surface area (Å²) in [5, 5.41) is 2.84. The van der Waals surface area contributed by atoms with Crippen LogP contribution in [0.3, 0.4) is 0 Å². The van der Waals surface area contributed by atoms with Gasteiger partial charge < -0.3 is 10.2 Å². The third-order valence-corrected chi connectivity index (χ3v) is 3.75. The Hall–Kier alpha value is -3.09. The number of anilines is 4. The molecular formula is C19H17F3N4. The lowest BCUT2D eigenvalue weighted by molar-refractivity contribution is -0.137. The molecule has 0 fully saturated rings. The van der Waals surface area contributed by atoms with E-state index < -0.39 is 11.7 Å². The normalized spacial score (nSPS) is 11.2. The molecule has 0 aliphatic rings. The van der Waals surface area contributed by atoms with Crippen LogP contribution in [0.1, 0.15) is 12.5 Å². The van der Waals surface area contributed by atoms with E-state index in [4.69, 9.17) is 0 Å². The molecule has 0 atom stereocenters. The Morgan fingerprint density at radius 1 is 1.00 bits per heavy atom. The molecule has 3 aromatic rings. The predicted octanol–water partition coefficient (Wildman–Crippen LogP) is 5.40. The maximum atomic E-state index is 12.8. The van der Waals surface area contributed by atoms with Gasteiger partial charge in [-0.1, -0.05) is 24.3 Å². The minimum atomic E-state index is -4.40. The third kappa shape index (κ3) is 4.11. The first-order valence-corrected chi connectivity index (χ1v) is 8.07. The maximum Gasteiger partial charge on any atom is 0.416 e. The molecule has 0 aliphatic heterocycles. The van der Waals surface area contributed by atoms with Crippen LogP contribution in [0, 0.1) is 0 Å². The summed E-state index contributed by atoms with van der Waals surface area (Å²) in [7, 11) is 0. The molecule has 0 unspecified atom stereocenters. The van der Waals surface area contributed by atoms with Gasteiger partial charge in [-0.3, -0.25) is 0 Å². The number of aromatic nitrogens is 2. The van der Waals surface area contributed by atoms with Crippen LogP contribution in [0.15, 0.2) is 66.9 Å². The molecule has 1 heterocycles. The van der Waals surface area contributed by atoms with Crippen molar-refractivity contribution in [1.82, 2.24) is 9.97 Å². The van der Waals surface area contributed by atoms with Crippen molar-refractivity contribution >= 4 is 23.1 Å². The van der Waals surface area contributed by atoms with Crippen molar-refractivity contribution < 1.29 is 13.2 Å². The molecule has 0 saturated carbocycles. The first-order chi connectivity index (χ1) is 12.5. The van der Waals surface area contributed by atoms with Crippen LogP contribution in [0.4, 0.5) is 36.3 Å². The molecular weight excluding hydrogens is 341 g/mol. The fourth-order valence-corrected chi connectivity index (χ4v) is 2.55. The molecule has 0 bridgehead atoms.